The first kappa shape index (κ1) is 10.6. The molecule has 88 valence electrons. The quantitative estimate of drug-likeness (QED) is 0.879. The van der Waals surface area contributed by atoms with Crippen LogP contribution in [0.1, 0.15) is 28.3 Å². The van der Waals surface area contributed by atoms with Crippen molar-refractivity contribution in [3.05, 3.63) is 59.0 Å². The van der Waals surface area contributed by atoms with Crippen molar-refractivity contribution in [2.45, 2.75) is 25.7 Å². The molecule has 2 N–H and O–H groups in total. The lowest BCUT2D eigenvalue weighted by atomic mass is 9.98. The second-order valence-electron chi connectivity index (χ2n) is 4.46. The fraction of sp³-hybridized carbons (Fsp3) is 0.286. The Balaban J connectivity index is 1.79. The molecule has 3 heteroatoms. The molecule has 1 atom stereocenters. The van der Waals surface area contributed by atoms with Gasteiger partial charge < -0.3 is 14.9 Å². The number of nitrogens with two attached hydrogens (primary N) is 1. The summed E-state index contributed by atoms with van der Waals surface area (Å²) in [4.78, 5) is 0. The topological polar surface area (TPSA) is 48.4 Å². The van der Waals surface area contributed by atoms with Crippen LogP contribution in [0.15, 0.2) is 41.2 Å². The molecule has 0 saturated heterocycles. The predicted octanol–water partition coefficient (Wildman–Crippen LogP) is 2.55. The van der Waals surface area contributed by atoms with Crippen molar-refractivity contribution in [3.8, 4) is 0 Å². The molecule has 0 amide bonds. The van der Waals surface area contributed by atoms with Crippen LogP contribution in [0, 0.1) is 0 Å². The van der Waals surface area contributed by atoms with E-state index in [1.54, 1.807) is 12.5 Å². The summed E-state index contributed by atoms with van der Waals surface area (Å²) in [5.41, 5.74) is 11.0. The van der Waals surface area contributed by atoms with Crippen LogP contribution in [0.3, 0.4) is 0 Å². The Labute approximate surface area is 100 Å². The van der Waals surface area contributed by atoms with Crippen molar-refractivity contribution in [2.24, 2.45) is 5.73 Å². The number of furan rings is 1. The highest BCUT2D eigenvalue weighted by Gasteiger charge is 2.14. The third-order valence-electron chi connectivity index (χ3n) is 3.21. The molecular formula is C14H15NO2. The van der Waals surface area contributed by atoms with Crippen molar-refractivity contribution in [1.29, 1.82) is 0 Å². The highest BCUT2D eigenvalue weighted by Crippen LogP contribution is 2.24. The molecular weight excluding hydrogens is 214 g/mol. The van der Waals surface area contributed by atoms with Gasteiger partial charge in [0.1, 0.15) is 0 Å². The highest BCUT2D eigenvalue weighted by molar-refractivity contribution is 5.35. The second kappa shape index (κ2) is 4.35. The maximum absolute atomic E-state index is 6.20. The minimum absolute atomic E-state index is 0.0125. The summed E-state index contributed by atoms with van der Waals surface area (Å²) in [6.45, 7) is 1.44. The summed E-state index contributed by atoms with van der Waals surface area (Å²) >= 11 is 0. The molecule has 3 rings (SSSR count). The number of benzene rings is 1. The van der Waals surface area contributed by atoms with Gasteiger partial charge in [0, 0.05) is 6.04 Å². The molecule has 0 saturated carbocycles. The van der Waals surface area contributed by atoms with Crippen LogP contribution in [0.2, 0.25) is 0 Å². The van der Waals surface area contributed by atoms with Crippen LogP contribution < -0.4 is 5.73 Å². The smallest absolute Gasteiger partial charge is 0.0935 e. The number of ether oxygens (including phenoxy) is 1. The van der Waals surface area contributed by atoms with Crippen LogP contribution in [0.4, 0.5) is 0 Å². The van der Waals surface area contributed by atoms with E-state index in [0.29, 0.717) is 6.61 Å². The van der Waals surface area contributed by atoms with Gasteiger partial charge in [-0.15, -0.1) is 0 Å². The number of hydrogen-bond acceptors (Lipinski definition) is 3. The Morgan fingerprint density at radius 2 is 2.06 bits per heavy atom. The third kappa shape index (κ3) is 2.12. The van der Waals surface area contributed by atoms with E-state index in [0.717, 1.165) is 24.2 Å². The first-order valence-corrected chi connectivity index (χ1v) is 5.79. The summed E-state index contributed by atoms with van der Waals surface area (Å²) in [6.07, 6.45) is 4.23. The van der Waals surface area contributed by atoms with Crippen molar-refractivity contribution >= 4 is 0 Å². The zero-order valence-corrected chi connectivity index (χ0v) is 9.56. The Morgan fingerprint density at radius 3 is 2.88 bits per heavy atom. The van der Waals surface area contributed by atoms with E-state index >= 15 is 0 Å². The summed E-state index contributed by atoms with van der Waals surface area (Å²) in [5.74, 6) is 0. The lowest BCUT2D eigenvalue weighted by molar-refractivity contribution is 0.134. The fourth-order valence-electron chi connectivity index (χ4n) is 2.20. The average molecular weight is 229 g/mol. The molecule has 0 aliphatic carbocycles. The van der Waals surface area contributed by atoms with Gasteiger partial charge in [-0.1, -0.05) is 18.2 Å². The van der Waals surface area contributed by atoms with Gasteiger partial charge in [-0.2, -0.15) is 0 Å². The second-order valence-corrected chi connectivity index (χ2v) is 4.46. The van der Waals surface area contributed by atoms with Gasteiger partial charge in [0.15, 0.2) is 0 Å². The van der Waals surface area contributed by atoms with Crippen LogP contribution in [0.25, 0.3) is 0 Å². The van der Waals surface area contributed by atoms with Gasteiger partial charge in [-0.05, 0) is 34.7 Å². The Kier molecular flexibility index (Phi) is 2.71. The number of hydrogen-bond donors (Lipinski definition) is 1. The molecule has 1 aliphatic heterocycles. The molecule has 0 spiro atoms. The third-order valence-corrected chi connectivity index (χ3v) is 3.21. The standard InChI is InChI=1S/C14H15NO2/c15-14(5-10-3-4-16-7-10)11-1-2-12-8-17-9-13(12)6-11/h1-4,6-7,14H,5,8-9,15H2. The normalized spacial score (nSPS) is 15.8. The van der Waals surface area contributed by atoms with E-state index in [1.807, 2.05) is 6.07 Å². The molecule has 1 aromatic carbocycles. The molecule has 2 aromatic rings. The zero-order valence-electron chi connectivity index (χ0n) is 9.56. The van der Waals surface area contributed by atoms with Crippen LogP contribution in [-0.4, -0.2) is 0 Å². The van der Waals surface area contributed by atoms with Gasteiger partial charge >= 0.3 is 0 Å². The van der Waals surface area contributed by atoms with E-state index < -0.39 is 0 Å². The molecule has 1 aliphatic rings. The van der Waals surface area contributed by atoms with Gasteiger partial charge in [0.25, 0.3) is 0 Å². The summed E-state index contributed by atoms with van der Waals surface area (Å²) in [5, 5.41) is 0. The molecule has 1 aromatic heterocycles. The van der Waals surface area contributed by atoms with E-state index in [2.05, 4.69) is 18.2 Å². The number of rotatable bonds is 3. The van der Waals surface area contributed by atoms with Crippen molar-refractivity contribution in [3.63, 3.8) is 0 Å². The monoisotopic (exact) mass is 229 g/mol. The molecule has 0 radical (unpaired) electrons. The van der Waals surface area contributed by atoms with Crippen molar-refractivity contribution in [1.82, 2.24) is 0 Å². The summed E-state index contributed by atoms with van der Waals surface area (Å²) in [7, 11) is 0. The first-order chi connectivity index (χ1) is 8.33. The van der Waals surface area contributed by atoms with Gasteiger partial charge in [-0.3, -0.25) is 0 Å². The van der Waals surface area contributed by atoms with Crippen LogP contribution >= 0.6 is 0 Å². The van der Waals surface area contributed by atoms with E-state index in [4.69, 9.17) is 14.9 Å². The Morgan fingerprint density at radius 1 is 1.18 bits per heavy atom. The molecule has 2 heterocycles. The Bertz CT molecular complexity index is 505. The Hall–Kier alpha value is -1.58. The molecule has 0 fully saturated rings. The lowest BCUT2D eigenvalue weighted by Crippen LogP contribution is -2.13. The number of fused-ring (bicyclic) bond motifs is 1. The van der Waals surface area contributed by atoms with Gasteiger partial charge in [0.05, 0.1) is 25.7 Å². The maximum atomic E-state index is 6.20. The lowest BCUT2D eigenvalue weighted by Gasteiger charge is -2.12. The van der Waals surface area contributed by atoms with Crippen LogP contribution in [-0.2, 0) is 24.4 Å². The van der Waals surface area contributed by atoms with Gasteiger partial charge in [0.2, 0.25) is 0 Å². The van der Waals surface area contributed by atoms with Crippen molar-refractivity contribution in [2.75, 3.05) is 0 Å². The first-order valence-electron chi connectivity index (χ1n) is 5.79. The zero-order chi connectivity index (χ0) is 11.7. The molecule has 1 unspecified atom stereocenters. The minimum Gasteiger partial charge on any atom is -0.472 e. The van der Waals surface area contributed by atoms with E-state index in [-0.39, 0.29) is 6.04 Å². The van der Waals surface area contributed by atoms with Crippen LogP contribution in [0.5, 0.6) is 0 Å². The largest absolute Gasteiger partial charge is 0.472 e. The minimum atomic E-state index is 0.0125. The summed E-state index contributed by atoms with van der Waals surface area (Å²) in [6, 6.07) is 8.34. The summed E-state index contributed by atoms with van der Waals surface area (Å²) < 4.78 is 10.4. The maximum Gasteiger partial charge on any atom is 0.0935 e. The highest BCUT2D eigenvalue weighted by atomic mass is 16.5. The van der Waals surface area contributed by atoms with Crippen molar-refractivity contribution < 1.29 is 9.15 Å². The molecule has 0 bridgehead atoms. The molecule has 17 heavy (non-hydrogen) atoms. The van der Waals surface area contributed by atoms with Gasteiger partial charge in [-0.25, -0.2) is 0 Å². The molecule has 3 nitrogen and oxygen atoms in total. The SMILES string of the molecule is NC(Cc1ccoc1)c1ccc2c(c1)COC2. The fourth-order valence-corrected chi connectivity index (χ4v) is 2.20. The average Bonchev–Trinajstić information content (AvgIpc) is 2.97. The van der Waals surface area contributed by atoms with E-state index in [1.165, 1.54) is 11.1 Å². The predicted molar refractivity (Wildman–Crippen MR) is 64.3 cm³/mol. The van der Waals surface area contributed by atoms with E-state index in [9.17, 15) is 0 Å².